The van der Waals surface area contributed by atoms with Crippen LogP contribution in [0.1, 0.15) is 15.9 Å². The van der Waals surface area contributed by atoms with Crippen molar-refractivity contribution in [3.63, 3.8) is 0 Å². The first-order valence-corrected chi connectivity index (χ1v) is 10.8. The molecular weight excluding hydrogens is 461 g/mol. The Labute approximate surface area is 200 Å². The Morgan fingerprint density at radius 3 is 2.58 bits per heavy atom. The first kappa shape index (κ1) is 22.6. The number of amides is 2. The van der Waals surface area contributed by atoms with Crippen molar-refractivity contribution in [2.24, 2.45) is 0 Å². The average molecular weight is 480 g/mol. The molecule has 1 aromatic heterocycles. The van der Waals surface area contributed by atoms with Crippen LogP contribution in [-0.2, 0) is 11.3 Å². The number of ether oxygens (including phenoxy) is 1. The van der Waals surface area contributed by atoms with E-state index in [1.165, 1.54) is 7.11 Å². The molecule has 0 saturated carbocycles. The summed E-state index contributed by atoms with van der Waals surface area (Å²) in [5, 5.41) is 7.92. The molecule has 0 fully saturated rings. The summed E-state index contributed by atoms with van der Waals surface area (Å²) in [6, 6.07) is 17.6. The summed E-state index contributed by atoms with van der Waals surface area (Å²) >= 11 is 12.1. The van der Waals surface area contributed by atoms with Crippen molar-refractivity contribution < 1.29 is 14.3 Å². The highest BCUT2D eigenvalue weighted by Gasteiger charge is 2.16. The van der Waals surface area contributed by atoms with Gasteiger partial charge in [0.15, 0.2) is 0 Å². The number of aromatic nitrogens is 1. The number of methoxy groups -OCH3 is 1. The van der Waals surface area contributed by atoms with Gasteiger partial charge < -0.3 is 15.4 Å². The molecule has 0 unspecified atom stereocenters. The fourth-order valence-corrected chi connectivity index (χ4v) is 3.93. The lowest BCUT2D eigenvalue weighted by atomic mass is 9.93. The standard InChI is InChI=1S/C25H19Cl2N3O3/c1-33-24(31)19-6-3-2-5-16(19)17-10-9-15(20-14-28-12-11-18(17)20)13-29-25(32)30-22-8-4-7-21(26)23(22)27/h2-12,14H,13H2,1H3,(H2,29,30,32). The number of fused-ring (bicyclic) bond motifs is 1. The average Bonchev–Trinajstić information content (AvgIpc) is 2.85. The summed E-state index contributed by atoms with van der Waals surface area (Å²) in [4.78, 5) is 29.0. The number of benzene rings is 3. The molecule has 0 spiro atoms. The minimum absolute atomic E-state index is 0.255. The molecule has 0 aliphatic heterocycles. The van der Waals surface area contributed by atoms with Crippen LogP contribution in [0, 0.1) is 0 Å². The summed E-state index contributed by atoms with van der Waals surface area (Å²) in [6.07, 6.45) is 3.43. The topological polar surface area (TPSA) is 80.3 Å². The molecule has 6 nitrogen and oxygen atoms in total. The molecule has 0 aliphatic carbocycles. The van der Waals surface area contributed by atoms with Crippen LogP contribution in [0.5, 0.6) is 0 Å². The van der Waals surface area contributed by atoms with Crippen LogP contribution in [-0.4, -0.2) is 24.1 Å². The number of urea groups is 1. The van der Waals surface area contributed by atoms with E-state index in [1.54, 1.807) is 42.7 Å². The Morgan fingerprint density at radius 1 is 0.939 bits per heavy atom. The molecule has 33 heavy (non-hydrogen) atoms. The minimum Gasteiger partial charge on any atom is -0.465 e. The zero-order chi connectivity index (χ0) is 23.4. The Kier molecular flexibility index (Phi) is 6.77. The Morgan fingerprint density at radius 2 is 1.76 bits per heavy atom. The van der Waals surface area contributed by atoms with E-state index in [4.69, 9.17) is 27.9 Å². The van der Waals surface area contributed by atoms with Crippen molar-refractivity contribution in [1.29, 1.82) is 0 Å². The normalized spacial score (nSPS) is 10.6. The Hall–Kier alpha value is -3.61. The van der Waals surface area contributed by atoms with Crippen LogP contribution in [0.2, 0.25) is 10.0 Å². The number of nitrogens with one attached hydrogen (secondary N) is 2. The molecule has 2 amide bonds. The lowest BCUT2D eigenvalue weighted by Crippen LogP contribution is -2.28. The van der Waals surface area contributed by atoms with E-state index in [1.807, 2.05) is 30.3 Å². The molecule has 0 bridgehead atoms. The van der Waals surface area contributed by atoms with Crippen molar-refractivity contribution >= 4 is 51.7 Å². The van der Waals surface area contributed by atoms with Crippen molar-refractivity contribution in [2.45, 2.75) is 6.54 Å². The van der Waals surface area contributed by atoms with Gasteiger partial charge in [-0.25, -0.2) is 9.59 Å². The van der Waals surface area contributed by atoms with Crippen LogP contribution >= 0.6 is 23.2 Å². The third-order valence-electron chi connectivity index (χ3n) is 5.17. The third-order valence-corrected chi connectivity index (χ3v) is 5.99. The molecule has 8 heteroatoms. The molecule has 3 aromatic carbocycles. The van der Waals surface area contributed by atoms with Gasteiger partial charge >= 0.3 is 12.0 Å². The number of carbonyl (C=O) groups excluding carboxylic acids is 2. The summed E-state index contributed by atoms with van der Waals surface area (Å²) in [6.45, 7) is 0.255. The van der Waals surface area contributed by atoms with Crippen LogP contribution in [0.15, 0.2) is 73.1 Å². The van der Waals surface area contributed by atoms with Gasteiger partial charge in [-0.2, -0.15) is 0 Å². The highest BCUT2D eigenvalue weighted by Crippen LogP contribution is 2.33. The molecule has 0 radical (unpaired) electrons. The predicted molar refractivity (Wildman–Crippen MR) is 131 cm³/mol. The Balaban J connectivity index is 1.62. The molecule has 1 heterocycles. The first-order valence-electron chi connectivity index (χ1n) is 10.0. The number of anilines is 1. The van der Waals surface area contributed by atoms with E-state index < -0.39 is 12.0 Å². The summed E-state index contributed by atoms with van der Waals surface area (Å²) in [5.74, 6) is -0.408. The highest BCUT2D eigenvalue weighted by atomic mass is 35.5. The maximum atomic E-state index is 12.4. The number of hydrogen-bond acceptors (Lipinski definition) is 4. The molecule has 0 saturated heterocycles. The number of esters is 1. The van der Waals surface area contributed by atoms with Gasteiger partial charge in [-0.15, -0.1) is 0 Å². The predicted octanol–water partition coefficient (Wildman–Crippen LogP) is 6.32. The third kappa shape index (κ3) is 4.77. The molecule has 4 aromatic rings. The van der Waals surface area contributed by atoms with E-state index in [-0.39, 0.29) is 11.6 Å². The van der Waals surface area contributed by atoms with Crippen molar-refractivity contribution in [3.8, 4) is 11.1 Å². The summed E-state index contributed by atoms with van der Waals surface area (Å²) in [5.41, 5.74) is 3.38. The SMILES string of the molecule is COC(=O)c1ccccc1-c1ccc(CNC(=O)Nc2cccc(Cl)c2Cl)c2cnccc12. The summed E-state index contributed by atoms with van der Waals surface area (Å²) in [7, 11) is 1.36. The number of rotatable bonds is 5. The summed E-state index contributed by atoms with van der Waals surface area (Å²) < 4.78 is 4.94. The Bertz CT molecular complexity index is 1360. The zero-order valence-electron chi connectivity index (χ0n) is 17.6. The van der Waals surface area contributed by atoms with E-state index in [2.05, 4.69) is 15.6 Å². The number of halogens is 2. The van der Waals surface area contributed by atoms with Crippen molar-refractivity contribution in [3.05, 3.63) is 94.2 Å². The van der Waals surface area contributed by atoms with Crippen LogP contribution in [0.3, 0.4) is 0 Å². The fraction of sp³-hybridized carbons (Fsp3) is 0.0800. The van der Waals surface area contributed by atoms with E-state index in [9.17, 15) is 9.59 Å². The highest BCUT2D eigenvalue weighted by molar-refractivity contribution is 6.43. The van der Waals surface area contributed by atoms with Crippen molar-refractivity contribution in [2.75, 3.05) is 12.4 Å². The number of pyridine rings is 1. The van der Waals surface area contributed by atoms with E-state index in [0.717, 1.165) is 27.5 Å². The van der Waals surface area contributed by atoms with Crippen LogP contribution in [0.25, 0.3) is 21.9 Å². The monoisotopic (exact) mass is 479 g/mol. The largest absolute Gasteiger partial charge is 0.465 e. The molecule has 4 rings (SSSR count). The van der Waals surface area contributed by atoms with Gasteiger partial charge in [0.05, 0.1) is 28.4 Å². The quantitative estimate of drug-likeness (QED) is 0.328. The van der Waals surface area contributed by atoms with Crippen molar-refractivity contribution in [1.82, 2.24) is 10.3 Å². The van der Waals surface area contributed by atoms with Gasteiger partial charge in [0.25, 0.3) is 0 Å². The number of hydrogen-bond donors (Lipinski definition) is 2. The van der Waals surface area contributed by atoms with E-state index >= 15 is 0 Å². The lowest BCUT2D eigenvalue weighted by Gasteiger charge is -2.14. The minimum atomic E-state index is -0.420. The second-order valence-corrected chi connectivity index (χ2v) is 7.92. The van der Waals surface area contributed by atoms with Gasteiger partial charge in [0.2, 0.25) is 0 Å². The smallest absolute Gasteiger partial charge is 0.338 e. The van der Waals surface area contributed by atoms with Crippen LogP contribution in [0.4, 0.5) is 10.5 Å². The maximum Gasteiger partial charge on any atom is 0.338 e. The molecule has 2 N–H and O–H groups in total. The zero-order valence-corrected chi connectivity index (χ0v) is 19.1. The fourth-order valence-electron chi connectivity index (χ4n) is 3.59. The van der Waals surface area contributed by atoms with Gasteiger partial charge in [0.1, 0.15) is 0 Å². The second-order valence-electron chi connectivity index (χ2n) is 7.14. The second kappa shape index (κ2) is 9.90. The molecule has 0 atom stereocenters. The van der Waals surface area contributed by atoms with Gasteiger partial charge in [-0.05, 0) is 46.3 Å². The maximum absolute atomic E-state index is 12.4. The van der Waals surface area contributed by atoms with E-state index in [0.29, 0.717) is 16.3 Å². The molecule has 0 aliphatic rings. The number of nitrogens with zero attached hydrogens (tertiary/aromatic N) is 1. The number of carbonyl (C=O) groups is 2. The lowest BCUT2D eigenvalue weighted by molar-refractivity contribution is 0.0601. The molecular formula is C25H19Cl2N3O3. The van der Waals surface area contributed by atoms with Gasteiger partial charge in [-0.1, -0.05) is 59.6 Å². The van der Waals surface area contributed by atoms with Gasteiger partial charge in [-0.3, -0.25) is 4.98 Å². The van der Waals surface area contributed by atoms with Crippen LogP contribution < -0.4 is 10.6 Å². The molecule has 166 valence electrons. The first-order chi connectivity index (χ1) is 16.0. The van der Waals surface area contributed by atoms with Gasteiger partial charge in [0, 0.05) is 24.3 Å².